The van der Waals surface area contributed by atoms with Gasteiger partial charge in [0.1, 0.15) is 6.42 Å². The largest absolute Gasteiger partial charge is 0.481 e. The molecule has 4 N–H and O–H groups in total. The monoisotopic (exact) mass is 336 g/mol. The van der Waals surface area contributed by atoms with Gasteiger partial charge in [0.25, 0.3) is 0 Å². The molecule has 0 saturated carbocycles. The van der Waals surface area contributed by atoms with E-state index >= 15 is 0 Å². The lowest BCUT2D eigenvalue weighted by Crippen LogP contribution is -2.19. The van der Waals surface area contributed by atoms with Crippen LogP contribution < -0.4 is 10.6 Å². The predicted octanol–water partition coefficient (Wildman–Crippen LogP) is 1.83. The van der Waals surface area contributed by atoms with Crippen LogP contribution in [0.5, 0.6) is 0 Å². The molecule has 1 aromatic rings. The molecule has 0 aliphatic carbocycles. The average Bonchev–Trinajstić information content (AvgIpc) is 2.45. The Labute approximate surface area is 138 Å². The van der Waals surface area contributed by atoms with Crippen molar-refractivity contribution in [2.75, 3.05) is 10.6 Å². The molecule has 0 heterocycles. The van der Waals surface area contributed by atoms with Gasteiger partial charge in [0.15, 0.2) is 0 Å². The van der Waals surface area contributed by atoms with Crippen molar-refractivity contribution in [2.45, 2.75) is 40.0 Å². The SMILES string of the molecule is Cc1cc(C)c(NC(=O)CC(=O)O)c(C)c1NC(=O)CCC(=O)O. The Morgan fingerprint density at radius 2 is 1.33 bits per heavy atom. The van der Waals surface area contributed by atoms with Crippen molar-refractivity contribution in [2.24, 2.45) is 0 Å². The number of carboxylic acids is 2. The second kappa shape index (κ2) is 8.09. The molecule has 0 radical (unpaired) electrons. The molecule has 1 aromatic carbocycles. The van der Waals surface area contributed by atoms with Crippen molar-refractivity contribution in [3.05, 3.63) is 22.8 Å². The molecule has 0 aliphatic rings. The van der Waals surface area contributed by atoms with Gasteiger partial charge in [-0.1, -0.05) is 6.07 Å². The summed E-state index contributed by atoms with van der Waals surface area (Å²) >= 11 is 0. The number of amides is 2. The number of aliphatic carboxylic acids is 2. The van der Waals surface area contributed by atoms with Crippen LogP contribution in [0.2, 0.25) is 0 Å². The lowest BCUT2D eigenvalue weighted by atomic mass is 10.0. The smallest absolute Gasteiger partial charge is 0.312 e. The maximum Gasteiger partial charge on any atom is 0.312 e. The first kappa shape index (κ1) is 19.1. The van der Waals surface area contributed by atoms with Crippen molar-refractivity contribution in [1.29, 1.82) is 0 Å². The van der Waals surface area contributed by atoms with Crippen LogP contribution >= 0.6 is 0 Å². The zero-order valence-corrected chi connectivity index (χ0v) is 13.7. The molecule has 130 valence electrons. The summed E-state index contributed by atoms with van der Waals surface area (Å²) in [5.41, 5.74) is 2.97. The number of hydrogen-bond donors (Lipinski definition) is 4. The van der Waals surface area contributed by atoms with Crippen molar-refractivity contribution in [3.8, 4) is 0 Å². The highest BCUT2D eigenvalue weighted by Crippen LogP contribution is 2.31. The van der Waals surface area contributed by atoms with Gasteiger partial charge in [-0.2, -0.15) is 0 Å². The molecule has 8 nitrogen and oxygen atoms in total. The number of anilines is 2. The van der Waals surface area contributed by atoms with Gasteiger partial charge in [0, 0.05) is 17.8 Å². The van der Waals surface area contributed by atoms with E-state index < -0.39 is 30.2 Å². The summed E-state index contributed by atoms with van der Waals surface area (Å²) in [6.07, 6.45) is -1.10. The third-order valence-corrected chi connectivity index (χ3v) is 3.38. The van der Waals surface area contributed by atoms with Crippen LogP contribution in [-0.2, 0) is 19.2 Å². The molecule has 0 saturated heterocycles. The van der Waals surface area contributed by atoms with Crippen LogP contribution in [0.4, 0.5) is 11.4 Å². The highest BCUT2D eigenvalue weighted by Gasteiger charge is 2.16. The highest BCUT2D eigenvalue weighted by atomic mass is 16.4. The average molecular weight is 336 g/mol. The summed E-state index contributed by atoms with van der Waals surface area (Å²) in [5, 5.41) is 22.5. The van der Waals surface area contributed by atoms with E-state index in [4.69, 9.17) is 10.2 Å². The fraction of sp³-hybridized carbons (Fsp3) is 0.375. The Balaban J connectivity index is 3.03. The van der Waals surface area contributed by atoms with Crippen LogP contribution in [-0.4, -0.2) is 34.0 Å². The summed E-state index contributed by atoms with van der Waals surface area (Å²) in [7, 11) is 0. The molecular weight excluding hydrogens is 316 g/mol. The van der Waals surface area contributed by atoms with E-state index in [1.165, 1.54) is 0 Å². The molecule has 2 amide bonds. The minimum Gasteiger partial charge on any atom is -0.481 e. The first-order chi connectivity index (χ1) is 11.1. The fourth-order valence-corrected chi connectivity index (χ4v) is 2.31. The molecule has 8 heteroatoms. The lowest BCUT2D eigenvalue weighted by molar-refractivity contribution is -0.140. The van der Waals surface area contributed by atoms with E-state index in [-0.39, 0.29) is 12.8 Å². The number of benzene rings is 1. The van der Waals surface area contributed by atoms with Gasteiger partial charge >= 0.3 is 11.9 Å². The van der Waals surface area contributed by atoms with Crippen molar-refractivity contribution >= 4 is 35.1 Å². The molecule has 0 aromatic heterocycles. The molecule has 0 bridgehead atoms. The summed E-state index contributed by atoms with van der Waals surface area (Å²) in [6.45, 7) is 5.21. The Morgan fingerprint density at radius 1 is 0.833 bits per heavy atom. The van der Waals surface area contributed by atoms with Gasteiger partial charge < -0.3 is 20.8 Å². The van der Waals surface area contributed by atoms with E-state index in [0.717, 1.165) is 11.1 Å². The molecule has 1 rings (SSSR count). The van der Waals surface area contributed by atoms with E-state index in [1.54, 1.807) is 26.8 Å². The molecule has 0 unspecified atom stereocenters. The minimum atomic E-state index is -1.24. The van der Waals surface area contributed by atoms with Crippen LogP contribution in [0.3, 0.4) is 0 Å². The molecule has 24 heavy (non-hydrogen) atoms. The maximum absolute atomic E-state index is 11.8. The molecule has 0 aliphatic heterocycles. The summed E-state index contributed by atoms with van der Waals surface area (Å²) in [4.78, 5) is 44.6. The number of hydrogen-bond acceptors (Lipinski definition) is 4. The fourth-order valence-electron chi connectivity index (χ4n) is 2.31. The van der Waals surface area contributed by atoms with Crippen LogP contribution in [0.15, 0.2) is 6.07 Å². The first-order valence-electron chi connectivity index (χ1n) is 7.26. The van der Waals surface area contributed by atoms with E-state index in [9.17, 15) is 19.2 Å². The standard InChI is InChI=1S/C16H20N2O6/c1-8-6-9(2)16(18-12(20)7-14(23)24)10(3)15(8)17-11(19)4-5-13(21)22/h6H,4-5,7H2,1-3H3,(H,17,19)(H,18,20)(H,21,22)(H,23,24). The van der Waals surface area contributed by atoms with Gasteiger partial charge in [0.2, 0.25) is 11.8 Å². The Bertz CT molecular complexity index is 696. The second-order valence-electron chi connectivity index (χ2n) is 5.45. The normalized spacial score (nSPS) is 10.1. The second-order valence-corrected chi connectivity index (χ2v) is 5.45. The Kier molecular flexibility index (Phi) is 6.46. The predicted molar refractivity (Wildman–Crippen MR) is 87.0 cm³/mol. The van der Waals surface area contributed by atoms with Crippen LogP contribution in [0, 0.1) is 20.8 Å². The maximum atomic E-state index is 11.8. The van der Waals surface area contributed by atoms with Crippen molar-refractivity contribution < 1.29 is 29.4 Å². The Morgan fingerprint density at radius 3 is 1.79 bits per heavy atom. The number of rotatable bonds is 7. The third kappa shape index (κ3) is 5.38. The zero-order valence-electron chi connectivity index (χ0n) is 13.7. The van der Waals surface area contributed by atoms with Gasteiger partial charge in [-0.05, 0) is 37.5 Å². The van der Waals surface area contributed by atoms with Crippen LogP contribution in [0.25, 0.3) is 0 Å². The highest BCUT2D eigenvalue weighted by molar-refractivity contribution is 6.03. The molecule has 0 spiro atoms. The van der Waals surface area contributed by atoms with Gasteiger partial charge in [0.05, 0.1) is 6.42 Å². The van der Waals surface area contributed by atoms with E-state index in [1.807, 2.05) is 0 Å². The van der Waals surface area contributed by atoms with Crippen molar-refractivity contribution in [3.63, 3.8) is 0 Å². The quantitative estimate of drug-likeness (QED) is 0.561. The number of nitrogens with one attached hydrogen (secondary N) is 2. The summed E-state index contributed by atoms with van der Waals surface area (Å²) in [5.74, 6) is -3.42. The third-order valence-electron chi connectivity index (χ3n) is 3.38. The van der Waals surface area contributed by atoms with Gasteiger partial charge in [-0.15, -0.1) is 0 Å². The molecule has 0 atom stereocenters. The lowest BCUT2D eigenvalue weighted by Gasteiger charge is -2.18. The van der Waals surface area contributed by atoms with Gasteiger partial charge in [-0.25, -0.2) is 0 Å². The summed E-state index contributed by atoms with van der Waals surface area (Å²) in [6, 6.07) is 1.75. The van der Waals surface area contributed by atoms with Crippen LogP contribution in [0.1, 0.15) is 36.0 Å². The zero-order chi connectivity index (χ0) is 18.4. The summed E-state index contributed by atoms with van der Waals surface area (Å²) < 4.78 is 0. The van der Waals surface area contributed by atoms with E-state index in [2.05, 4.69) is 10.6 Å². The van der Waals surface area contributed by atoms with Gasteiger partial charge in [-0.3, -0.25) is 19.2 Å². The number of carboxylic acid groups (broad SMARTS) is 2. The minimum absolute atomic E-state index is 0.164. The number of carbonyl (C=O) groups is 4. The number of aryl methyl sites for hydroxylation is 2. The first-order valence-corrected chi connectivity index (χ1v) is 7.26. The van der Waals surface area contributed by atoms with E-state index in [0.29, 0.717) is 16.9 Å². The topological polar surface area (TPSA) is 133 Å². The number of carbonyl (C=O) groups excluding carboxylic acids is 2. The molecule has 0 fully saturated rings. The Hall–Kier alpha value is -2.90. The molecular formula is C16H20N2O6. The van der Waals surface area contributed by atoms with Crippen molar-refractivity contribution in [1.82, 2.24) is 0 Å².